The molecule has 0 aliphatic carbocycles. The average molecular weight is 444 g/mol. The van der Waals surface area contributed by atoms with E-state index in [2.05, 4.69) is 27.1 Å². The molecule has 6 nitrogen and oxygen atoms in total. The van der Waals surface area contributed by atoms with Crippen molar-refractivity contribution in [2.45, 2.75) is 18.0 Å². The van der Waals surface area contributed by atoms with Crippen LogP contribution in [-0.2, 0) is 23.1 Å². The Kier molecular flexibility index (Phi) is 7.75. The summed E-state index contributed by atoms with van der Waals surface area (Å²) in [5.41, 5.74) is 1.65. The van der Waals surface area contributed by atoms with E-state index < -0.39 is 10.0 Å². The van der Waals surface area contributed by atoms with Gasteiger partial charge in [-0.25, -0.2) is 13.1 Å². The molecule has 1 aromatic heterocycles. The van der Waals surface area contributed by atoms with Crippen LogP contribution in [0.3, 0.4) is 0 Å². The molecule has 3 rings (SSSR count). The molecule has 0 atom stereocenters. The molecule has 0 unspecified atom stereocenters. The third-order valence-electron chi connectivity index (χ3n) is 4.52. The van der Waals surface area contributed by atoms with E-state index >= 15 is 0 Å². The first-order valence-corrected chi connectivity index (χ1v) is 11.9. The maximum absolute atomic E-state index is 12.4. The zero-order valence-corrected chi connectivity index (χ0v) is 18.4. The van der Waals surface area contributed by atoms with E-state index in [1.165, 1.54) is 41.2 Å². The van der Waals surface area contributed by atoms with Crippen molar-refractivity contribution < 1.29 is 13.2 Å². The van der Waals surface area contributed by atoms with Gasteiger partial charge in [0.25, 0.3) is 5.91 Å². The number of amides is 1. The molecule has 0 bridgehead atoms. The molecular weight excluding hydrogens is 418 g/mol. The first-order chi connectivity index (χ1) is 14.4. The van der Waals surface area contributed by atoms with Gasteiger partial charge < -0.3 is 10.2 Å². The number of nitrogens with one attached hydrogen (secondary N) is 2. The van der Waals surface area contributed by atoms with Gasteiger partial charge in [-0.1, -0.05) is 36.4 Å². The maximum atomic E-state index is 12.4. The molecule has 0 aliphatic heterocycles. The van der Waals surface area contributed by atoms with E-state index in [4.69, 9.17) is 0 Å². The van der Waals surface area contributed by atoms with Crippen molar-refractivity contribution in [2.75, 3.05) is 20.1 Å². The molecule has 0 saturated heterocycles. The van der Waals surface area contributed by atoms with Gasteiger partial charge in [0.15, 0.2) is 0 Å². The Morgan fingerprint density at radius 3 is 2.40 bits per heavy atom. The van der Waals surface area contributed by atoms with Crippen molar-refractivity contribution >= 4 is 27.3 Å². The second-order valence-electron chi connectivity index (χ2n) is 6.91. The van der Waals surface area contributed by atoms with Gasteiger partial charge in [-0.2, -0.15) is 0 Å². The van der Waals surface area contributed by atoms with Crippen molar-refractivity contribution in [3.05, 3.63) is 88.1 Å². The minimum absolute atomic E-state index is 0.137. The normalized spacial score (nSPS) is 11.5. The van der Waals surface area contributed by atoms with Crippen LogP contribution in [0.15, 0.2) is 77.0 Å². The van der Waals surface area contributed by atoms with Crippen LogP contribution in [0.2, 0.25) is 0 Å². The largest absolute Gasteiger partial charge is 0.351 e. The zero-order chi connectivity index (χ0) is 21.4. The molecule has 0 spiro atoms. The number of carbonyl (C=O) groups is 1. The molecule has 3 aromatic rings. The Bertz CT molecular complexity index is 1040. The number of sulfonamides is 1. The monoisotopic (exact) mass is 443 g/mol. The van der Waals surface area contributed by atoms with E-state index in [9.17, 15) is 13.2 Å². The molecule has 1 amide bonds. The second kappa shape index (κ2) is 10.5. The van der Waals surface area contributed by atoms with Crippen molar-refractivity contribution in [2.24, 2.45) is 0 Å². The van der Waals surface area contributed by atoms with Crippen molar-refractivity contribution in [1.82, 2.24) is 14.9 Å². The SMILES string of the molecule is CN(CCNC(=O)c1ccc(S(=O)(=O)NCc2cccs2)cc1)Cc1ccccc1. The van der Waals surface area contributed by atoms with Crippen LogP contribution in [0, 0.1) is 0 Å². The first-order valence-electron chi connectivity index (χ1n) is 9.57. The van der Waals surface area contributed by atoms with Crippen LogP contribution >= 0.6 is 11.3 Å². The van der Waals surface area contributed by atoms with E-state index in [-0.39, 0.29) is 17.3 Å². The topological polar surface area (TPSA) is 78.5 Å². The summed E-state index contributed by atoms with van der Waals surface area (Å²) < 4.78 is 27.4. The minimum Gasteiger partial charge on any atom is -0.351 e. The summed E-state index contributed by atoms with van der Waals surface area (Å²) in [5.74, 6) is -0.224. The highest BCUT2D eigenvalue weighted by atomic mass is 32.2. The number of hydrogen-bond acceptors (Lipinski definition) is 5. The molecule has 2 N–H and O–H groups in total. The van der Waals surface area contributed by atoms with E-state index in [0.717, 1.165) is 11.4 Å². The Hall–Kier alpha value is -2.52. The lowest BCUT2D eigenvalue weighted by Gasteiger charge is -2.17. The van der Waals surface area contributed by atoms with Gasteiger partial charge in [0.1, 0.15) is 0 Å². The third kappa shape index (κ3) is 6.50. The number of likely N-dealkylation sites (N-methyl/N-ethyl adjacent to an activating group) is 1. The molecule has 0 aliphatic rings. The van der Waals surface area contributed by atoms with Crippen LogP contribution in [0.25, 0.3) is 0 Å². The highest BCUT2D eigenvalue weighted by molar-refractivity contribution is 7.89. The summed E-state index contributed by atoms with van der Waals surface area (Å²) in [6.07, 6.45) is 0. The fourth-order valence-corrected chi connectivity index (χ4v) is 4.63. The molecular formula is C22H25N3O3S2. The smallest absolute Gasteiger partial charge is 0.251 e. The van der Waals surface area contributed by atoms with Gasteiger partial charge >= 0.3 is 0 Å². The van der Waals surface area contributed by atoms with Gasteiger partial charge in [0.05, 0.1) is 4.90 Å². The molecule has 158 valence electrons. The fourth-order valence-electron chi connectivity index (χ4n) is 2.88. The Morgan fingerprint density at radius 2 is 1.73 bits per heavy atom. The van der Waals surface area contributed by atoms with Crippen LogP contribution in [0.4, 0.5) is 0 Å². The quantitative estimate of drug-likeness (QED) is 0.505. The van der Waals surface area contributed by atoms with Crippen molar-refractivity contribution in [1.29, 1.82) is 0 Å². The van der Waals surface area contributed by atoms with Crippen molar-refractivity contribution in [3.8, 4) is 0 Å². The van der Waals surface area contributed by atoms with Crippen LogP contribution in [0.5, 0.6) is 0 Å². The summed E-state index contributed by atoms with van der Waals surface area (Å²) in [7, 11) is -1.62. The Labute approximate surface area is 181 Å². The van der Waals surface area contributed by atoms with E-state index in [0.29, 0.717) is 18.7 Å². The van der Waals surface area contributed by atoms with E-state index in [1.807, 2.05) is 42.8 Å². The Balaban J connectivity index is 1.47. The molecule has 1 heterocycles. The maximum Gasteiger partial charge on any atom is 0.251 e. The lowest BCUT2D eigenvalue weighted by Crippen LogP contribution is -2.32. The summed E-state index contributed by atoms with van der Waals surface area (Å²) in [6, 6.07) is 19.9. The molecule has 30 heavy (non-hydrogen) atoms. The standard InChI is InChI=1S/C22H25N3O3S2/c1-25(17-18-6-3-2-4-7-18)14-13-23-22(26)19-9-11-21(12-10-19)30(27,28)24-16-20-8-5-15-29-20/h2-12,15,24H,13-14,16-17H2,1H3,(H,23,26). The fraction of sp³-hybridized carbons (Fsp3) is 0.227. The third-order valence-corrected chi connectivity index (χ3v) is 6.81. The highest BCUT2D eigenvalue weighted by Crippen LogP contribution is 2.13. The number of carbonyl (C=O) groups excluding carboxylic acids is 1. The summed E-state index contributed by atoms with van der Waals surface area (Å²) >= 11 is 1.49. The van der Waals surface area contributed by atoms with Gasteiger partial charge in [-0.3, -0.25) is 4.79 Å². The van der Waals surface area contributed by atoms with Gasteiger partial charge in [-0.15, -0.1) is 11.3 Å². The summed E-state index contributed by atoms with van der Waals surface area (Å²) in [6.45, 7) is 2.27. The summed E-state index contributed by atoms with van der Waals surface area (Å²) in [5, 5.41) is 4.77. The average Bonchev–Trinajstić information content (AvgIpc) is 3.27. The molecule has 0 saturated carbocycles. The van der Waals surface area contributed by atoms with Crippen LogP contribution in [0.1, 0.15) is 20.8 Å². The summed E-state index contributed by atoms with van der Waals surface area (Å²) in [4.78, 5) is 15.5. The van der Waals surface area contributed by atoms with Crippen LogP contribution in [-0.4, -0.2) is 39.4 Å². The Morgan fingerprint density at radius 1 is 1.00 bits per heavy atom. The van der Waals surface area contributed by atoms with Crippen molar-refractivity contribution in [3.63, 3.8) is 0 Å². The molecule has 2 aromatic carbocycles. The van der Waals surface area contributed by atoms with E-state index in [1.54, 1.807) is 0 Å². The minimum atomic E-state index is -3.62. The second-order valence-corrected chi connectivity index (χ2v) is 9.71. The number of benzene rings is 2. The lowest BCUT2D eigenvalue weighted by atomic mass is 10.2. The molecule has 0 fully saturated rings. The predicted octanol–water partition coefficient (Wildman–Crippen LogP) is 3.09. The first kappa shape index (κ1) is 22.2. The number of hydrogen-bond donors (Lipinski definition) is 2. The number of nitrogens with zero attached hydrogens (tertiary/aromatic N) is 1. The number of rotatable bonds is 10. The highest BCUT2D eigenvalue weighted by Gasteiger charge is 2.15. The molecule has 8 heteroatoms. The number of thiophene rings is 1. The van der Waals surface area contributed by atoms with Gasteiger partial charge in [-0.05, 0) is 48.3 Å². The van der Waals surface area contributed by atoms with Gasteiger partial charge in [0.2, 0.25) is 10.0 Å². The lowest BCUT2D eigenvalue weighted by molar-refractivity contribution is 0.0949. The zero-order valence-electron chi connectivity index (χ0n) is 16.7. The predicted molar refractivity (Wildman–Crippen MR) is 120 cm³/mol. The molecule has 0 radical (unpaired) electrons. The van der Waals surface area contributed by atoms with Gasteiger partial charge in [0, 0.05) is 36.6 Å². The van der Waals surface area contributed by atoms with Crippen LogP contribution < -0.4 is 10.0 Å².